The number of rotatable bonds is 5. The molecule has 2 atom stereocenters. The van der Waals surface area contributed by atoms with Gasteiger partial charge in [0.2, 0.25) is 0 Å². The van der Waals surface area contributed by atoms with Crippen molar-refractivity contribution in [3.63, 3.8) is 0 Å². The number of halogens is 1. The number of nitro benzene ring substituents is 1. The van der Waals surface area contributed by atoms with Crippen LogP contribution in [-0.4, -0.2) is 18.0 Å². The lowest BCUT2D eigenvalue weighted by atomic mass is 9.87. The molecule has 29 heavy (non-hydrogen) atoms. The number of nitrogens with zero attached hydrogens (tertiary/aromatic N) is 1. The molecule has 1 saturated carbocycles. The molecule has 0 unspecified atom stereocenters. The number of carbonyl (C=O) groups is 1. The van der Waals surface area contributed by atoms with Gasteiger partial charge in [0, 0.05) is 35.1 Å². The topological polar surface area (TPSA) is 69.4 Å². The fourth-order valence-corrected chi connectivity index (χ4v) is 4.13. The van der Waals surface area contributed by atoms with Crippen molar-refractivity contribution < 1.29 is 14.5 Å². The predicted octanol–water partition coefficient (Wildman–Crippen LogP) is 5.72. The number of hydrogen-bond donors (Lipinski definition) is 0. The summed E-state index contributed by atoms with van der Waals surface area (Å²) in [5.41, 5.74) is 3.65. The first-order valence-electron chi connectivity index (χ1n) is 9.43. The van der Waals surface area contributed by atoms with Crippen LogP contribution in [0.15, 0.2) is 59.7 Å². The van der Waals surface area contributed by atoms with Gasteiger partial charge in [0.05, 0.1) is 12.0 Å². The maximum absolute atomic E-state index is 12.7. The molecular formula is C23H24ClNO4. The molecule has 0 amide bonds. The fraction of sp³-hybridized carbons (Fsp3) is 0.348. The highest BCUT2D eigenvalue weighted by Gasteiger charge is 2.53. The first-order chi connectivity index (χ1) is 13.6. The molecule has 1 aliphatic rings. The maximum Gasteiger partial charge on any atom is 0.334 e. The average Bonchev–Trinajstić information content (AvgIpc) is 3.42. The number of methoxy groups -OCH3 is 1. The van der Waals surface area contributed by atoms with Gasteiger partial charge in [-0.2, -0.15) is 0 Å². The number of non-ortho nitro benzene ring substituents is 1. The minimum atomic E-state index is -0.434. The van der Waals surface area contributed by atoms with E-state index in [4.69, 9.17) is 16.3 Å². The summed E-state index contributed by atoms with van der Waals surface area (Å²) in [7, 11) is 1.38. The minimum absolute atomic E-state index is 0.0269. The lowest BCUT2D eigenvalue weighted by Crippen LogP contribution is -2.12. The van der Waals surface area contributed by atoms with Gasteiger partial charge in [0.1, 0.15) is 0 Å². The third-order valence-electron chi connectivity index (χ3n) is 5.36. The third-order valence-corrected chi connectivity index (χ3v) is 5.62. The highest BCUT2D eigenvalue weighted by molar-refractivity contribution is 6.30. The molecule has 0 radical (unpaired) electrons. The van der Waals surface area contributed by atoms with E-state index in [1.54, 1.807) is 12.1 Å². The Morgan fingerprint density at radius 3 is 2.17 bits per heavy atom. The van der Waals surface area contributed by atoms with E-state index in [1.165, 1.54) is 19.2 Å². The van der Waals surface area contributed by atoms with Crippen LogP contribution in [0.2, 0.25) is 5.02 Å². The van der Waals surface area contributed by atoms with Crippen LogP contribution in [0.1, 0.15) is 37.8 Å². The van der Waals surface area contributed by atoms with Gasteiger partial charge >= 0.3 is 5.97 Å². The number of ether oxygens (including phenoxy) is 1. The van der Waals surface area contributed by atoms with Crippen molar-refractivity contribution in [2.24, 2.45) is 11.3 Å². The molecule has 6 heteroatoms. The van der Waals surface area contributed by atoms with Crippen LogP contribution in [-0.2, 0) is 16.0 Å². The van der Waals surface area contributed by atoms with Gasteiger partial charge in [0.25, 0.3) is 5.69 Å². The molecule has 0 heterocycles. The zero-order valence-electron chi connectivity index (χ0n) is 16.9. The second-order valence-electron chi connectivity index (χ2n) is 8.40. The van der Waals surface area contributed by atoms with Crippen molar-refractivity contribution in [2.75, 3.05) is 7.11 Å². The molecule has 5 nitrogen and oxygen atoms in total. The summed E-state index contributed by atoms with van der Waals surface area (Å²) in [4.78, 5) is 23.1. The Morgan fingerprint density at radius 1 is 1.10 bits per heavy atom. The monoisotopic (exact) mass is 413 g/mol. The van der Waals surface area contributed by atoms with Crippen LogP contribution >= 0.6 is 11.6 Å². The van der Waals surface area contributed by atoms with Gasteiger partial charge in [-0.3, -0.25) is 10.1 Å². The summed E-state index contributed by atoms with van der Waals surface area (Å²) in [5.74, 6) is -0.0284. The maximum atomic E-state index is 12.7. The van der Waals surface area contributed by atoms with Crippen LogP contribution in [0.5, 0.6) is 0 Å². The van der Waals surface area contributed by atoms with Crippen molar-refractivity contribution in [2.45, 2.75) is 33.1 Å². The number of benzene rings is 2. The molecule has 1 fully saturated rings. The lowest BCUT2D eigenvalue weighted by Gasteiger charge is -2.18. The molecule has 152 valence electrons. The Balaban J connectivity index is 2.03. The van der Waals surface area contributed by atoms with Crippen LogP contribution in [0.4, 0.5) is 5.69 Å². The Bertz CT molecular complexity index is 956. The SMILES string of the molecule is COC(=O)/C(Cc1ccc([N+](=O)[O-])cc1)=C1\[C@H](c2ccc(Cl)cc2)[C@@H]1C(C)(C)C. The molecular weight excluding hydrogens is 390 g/mol. The van der Waals surface area contributed by atoms with E-state index in [0.717, 1.165) is 16.7 Å². The number of esters is 1. The Labute approximate surface area is 175 Å². The third kappa shape index (κ3) is 4.51. The first-order valence-corrected chi connectivity index (χ1v) is 9.81. The minimum Gasteiger partial charge on any atom is -0.466 e. The van der Waals surface area contributed by atoms with Crippen LogP contribution in [0, 0.1) is 21.4 Å². The molecule has 0 saturated heterocycles. The summed E-state index contributed by atoms with van der Waals surface area (Å²) in [6.07, 6.45) is 0.372. The number of nitro groups is 1. The Kier molecular flexibility index (Phi) is 5.80. The second-order valence-corrected chi connectivity index (χ2v) is 8.84. The standard InChI is InChI=1S/C23H24ClNO4/c1-23(2,3)21-19(15-7-9-16(24)10-8-15)20(21)18(22(26)29-4)13-14-5-11-17(12-6-14)25(27)28/h5-12,19,21H,13H2,1-4H3/b20-18+/t19-,21-/m0/s1. The van der Waals surface area contributed by atoms with E-state index in [2.05, 4.69) is 20.8 Å². The zero-order valence-corrected chi connectivity index (χ0v) is 17.7. The molecule has 0 spiro atoms. The number of allylic oxidation sites excluding steroid dienone is 1. The highest BCUT2D eigenvalue weighted by Crippen LogP contribution is 2.63. The number of hydrogen-bond acceptors (Lipinski definition) is 4. The lowest BCUT2D eigenvalue weighted by molar-refractivity contribution is -0.384. The fourth-order valence-electron chi connectivity index (χ4n) is 4.00. The molecule has 3 rings (SSSR count). The highest BCUT2D eigenvalue weighted by atomic mass is 35.5. The number of carbonyl (C=O) groups excluding carboxylic acids is 1. The van der Waals surface area contributed by atoms with Gasteiger partial charge in [-0.05, 0) is 40.2 Å². The summed E-state index contributed by atoms with van der Waals surface area (Å²) in [5, 5.41) is 11.6. The first kappa shape index (κ1) is 21.1. The van der Waals surface area contributed by atoms with Crippen molar-refractivity contribution in [1.82, 2.24) is 0 Å². The summed E-state index contributed by atoms with van der Waals surface area (Å²) in [6, 6.07) is 14.0. The molecule has 0 aromatic heterocycles. The van der Waals surface area contributed by atoms with Crippen LogP contribution < -0.4 is 0 Å². The van der Waals surface area contributed by atoms with Crippen LogP contribution in [0.3, 0.4) is 0 Å². The van der Waals surface area contributed by atoms with Gasteiger partial charge < -0.3 is 4.74 Å². The van der Waals surface area contributed by atoms with E-state index < -0.39 is 4.92 Å². The average molecular weight is 414 g/mol. The molecule has 0 bridgehead atoms. The van der Waals surface area contributed by atoms with Crippen molar-refractivity contribution in [1.29, 1.82) is 0 Å². The van der Waals surface area contributed by atoms with E-state index in [0.29, 0.717) is 17.0 Å². The van der Waals surface area contributed by atoms with Crippen LogP contribution in [0.25, 0.3) is 0 Å². The van der Waals surface area contributed by atoms with E-state index >= 15 is 0 Å². The van der Waals surface area contributed by atoms with E-state index in [-0.39, 0.29) is 28.9 Å². The smallest absolute Gasteiger partial charge is 0.334 e. The Morgan fingerprint density at radius 2 is 1.69 bits per heavy atom. The molecule has 0 N–H and O–H groups in total. The normalized spacial score (nSPS) is 20.2. The zero-order chi connectivity index (χ0) is 21.3. The van der Waals surface area contributed by atoms with E-state index in [9.17, 15) is 14.9 Å². The van der Waals surface area contributed by atoms with Gasteiger partial charge in [-0.25, -0.2) is 4.79 Å². The quantitative estimate of drug-likeness (QED) is 0.272. The molecule has 2 aromatic rings. The van der Waals surface area contributed by atoms with Crippen molar-refractivity contribution in [3.8, 4) is 0 Å². The molecule has 2 aromatic carbocycles. The van der Waals surface area contributed by atoms with Crippen molar-refractivity contribution >= 4 is 23.3 Å². The summed E-state index contributed by atoms with van der Waals surface area (Å²) < 4.78 is 5.09. The van der Waals surface area contributed by atoms with Gasteiger partial charge in [-0.15, -0.1) is 0 Å². The Hall–Kier alpha value is -2.66. The second kappa shape index (κ2) is 7.99. The summed E-state index contributed by atoms with van der Waals surface area (Å²) in [6.45, 7) is 6.48. The summed E-state index contributed by atoms with van der Waals surface area (Å²) >= 11 is 6.04. The molecule has 0 aliphatic heterocycles. The predicted molar refractivity (Wildman–Crippen MR) is 113 cm³/mol. The van der Waals surface area contributed by atoms with Gasteiger partial charge in [0.15, 0.2) is 0 Å². The van der Waals surface area contributed by atoms with E-state index in [1.807, 2.05) is 24.3 Å². The van der Waals surface area contributed by atoms with Crippen molar-refractivity contribution in [3.05, 3.63) is 85.9 Å². The largest absolute Gasteiger partial charge is 0.466 e. The molecule has 1 aliphatic carbocycles. The van der Waals surface area contributed by atoms with Gasteiger partial charge in [-0.1, -0.05) is 56.6 Å².